The molecule has 0 aliphatic rings. The predicted octanol–water partition coefficient (Wildman–Crippen LogP) is 1.08. The lowest BCUT2D eigenvalue weighted by Gasteiger charge is -2.00. The van der Waals surface area contributed by atoms with Gasteiger partial charge in [0.15, 0.2) is 11.4 Å². The second kappa shape index (κ2) is 2.45. The normalized spacial score (nSPS) is 9.45. The van der Waals surface area contributed by atoms with Crippen molar-refractivity contribution in [3.05, 3.63) is 17.0 Å². The summed E-state index contributed by atoms with van der Waals surface area (Å²) in [6.07, 6.45) is 0. The maximum Gasteiger partial charge on any atom is 0.168 e. The van der Waals surface area contributed by atoms with E-state index in [4.69, 9.17) is 15.9 Å². The van der Waals surface area contributed by atoms with Crippen molar-refractivity contribution in [1.29, 1.82) is 0 Å². The Hall–Kier alpha value is -1.78. The summed E-state index contributed by atoms with van der Waals surface area (Å²) < 4.78 is 0. The summed E-state index contributed by atoms with van der Waals surface area (Å²) in [5, 5.41) is 20.3. The Morgan fingerprint density at radius 2 is 2.00 bits per heavy atom. The van der Waals surface area contributed by atoms with Crippen molar-refractivity contribution in [3.8, 4) is 11.5 Å². The van der Waals surface area contributed by atoms with E-state index in [1.165, 1.54) is 0 Å². The molecule has 5 nitrogen and oxygen atoms in total. The highest BCUT2D eigenvalue weighted by Gasteiger charge is 2.06. The second-order valence-electron chi connectivity index (χ2n) is 1.99. The lowest BCUT2D eigenvalue weighted by Crippen LogP contribution is -1.84. The highest BCUT2D eigenvalue weighted by molar-refractivity contribution is 5.68. The minimum atomic E-state index is -0.405. The summed E-state index contributed by atoms with van der Waals surface area (Å²) in [6, 6.07) is 2.16. The highest BCUT2D eigenvalue weighted by Crippen LogP contribution is 2.35. The molecule has 58 valence electrons. The van der Waals surface area contributed by atoms with Gasteiger partial charge in [-0.3, -0.25) is 0 Å². The Kier molecular flexibility index (Phi) is 1.63. The molecule has 0 fully saturated rings. The number of rotatable bonds is 1. The molecule has 5 heteroatoms. The fourth-order valence-electron chi connectivity index (χ4n) is 0.695. The molecule has 1 rings (SSSR count). The number of phenolic OH excluding ortho intramolecular Hbond substituents is 2. The number of nitrogens with two attached hydrogens (primary N) is 1. The van der Waals surface area contributed by atoms with E-state index in [-0.39, 0.29) is 17.1 Å². The van der Waals surface area contributed by atoms with E-state index in [2.05, 4.69) is 5.18 Å². The topological polar surface area (TPSA) is 95.9 Å². The van der Waals surface area contributed by atoms with E-state index in [1.807, 2.05) is 0 Å². The Labute approximate surface area is 62.1 Å². The van der Waals surface area contributed by atoms with E-state index in [0.29, 0.717) is 0 Å². The average Bonchev–Trinajstić information content (AvgIpc) is 1.96. The van der Waals surface area contributed by atoms with Crippen LogP contribution in [0.4, 0.5) is 11.4 Å². The third kappa shape index (κ3) is 1.21. The molecule has 11 heavy (non-hydrogen) atoms. The molecule has 0 unspecified atom stereocenters. The van der Waals surface area contributed by atoms with Crippen LogP contribution in [0.2, 0.25) is 0 Å². The van der Waals surface area contributed by atoms with E-state index >= 15 is 0 Å². The molecule has 0 saturated carbocycles. The van der Waals surface area contributed by atoms with Crippen LogP contribution in [0.1, 0.15) is 0 Å². The summed E-state index contributed by atoms with van der Waals surface area (Å²) >= 11 is 0. The van der Waals surface area contributed by atoms with Crippen LogP contribution in [0.5, 0.6) is 11.5 Å². The largest absolute Gasteiger partial charge is 0.508 e. The Bertz CT molecular complexity index is 298. The van der Waals surface area contributed by atoms with Crippen molar-refractivity contribution in [2.24, 2.45) is 5.18 Å². The number of aromatic hydroxyl groups is 2. The van der Waals surface area contributed by atoms with Crippen molar-refractivity contribution in [2.45, 2.75) is 0 Å². The molecule has 0 aliphatic carbocycles. The number of nitroso groups, excluding NO2 is 1. The van der Waals surface area contributed by atoms with Crippen LogP contribution >= 0.6 is 0 Å². The third-order valence-electron chi connectivity index (χ3n) is 1.20. The van der Waals surface area contributed by atoms with Crippen molar-refractivity contribution in [2.75, 3.05) is 5.73 Å². The third-order valence-corrected chi connectivity index (χ3v) is 1.20. The first-order chi connectivity index (χ1) is 5.15. The first-order valence-electron chi connectivity index (χ1n) is 2.80. The number of nitrogens with zero attached hydrogens (tertiary/aromatic N) is 1. The van der Waals surface area contributed by atoms with E-state index in [0.717, 1.165) is 12.1 Å². The number of benzene rings is 1. The van der Waals surface area contributed by atoms with Crippen LogP contribution in [0, 0.1) is 4.91 Å². The van der Waals surface area contributed by atoms with Gasteiger partial charge in [-0.05, 0) is 5.18 Å². The molecule has 0 radical (unpaired) electrons. The van der Waals surface area contributed by atoms with Crippen LogP contribution in [0.15, 0.2) is 17.3 Å². The molecule has 0 saturated heterocycles. The summed E-state index contributed by atoms with van der Waals surface area (Å²) in [5.41, 5.74) is 4.86. The molecule has 0 heterocycles. The maximum atomic E-state index is 9.96. The molecular formula is C6H6N2O3. The van der Waals surface area contributed by atoms with Gasteiger partial charge in [-0.25, -0.2) is 0 Å². The van der Waals surface area contributed by atoms with Gasteiger partial charge in [0.25, 0.3) is 0 Å². The van der Waals surface area contributed by atoms with Gasteiger partial charge in [-0.15, -0.1) is 4.91 Å². The van der Waals surface area contributed by atoms with Crippen LogP contribution in [0.25, 0.3) is 0 Å². The zero-order valence-corrected chi connectivity index (χ0v) is 5.48. The Balaban J connectivity index is 3.35. The number of phenols is 2. The zero-order valence-electron chi connectivity index (χ0n) is 5.48. The summed E-state index contributed by atoms with van der Waals surface area (Å²) in [6.45, 7) is 0. The second-order valence-corrected chi connectivity index (χ2v) is 1.99. The molecule has 0 amide bonds. The zero-order chi connectivity index (χ0) is 8.43. The van der Waals surface area contributed by atoms with Gasteiger partial charge in [-0.1, -0.05) is 0 Å². The Morgan fingerprint density at radius 3 is 2.55 bits per heavy atom. The highest BCUT2D eigenvalue weighted by atomic mass is 16.3. The van der Waals surface area contributed by atoms with Crippen LogP contribution < -0.4 is 5.73 Å². The Morgan fingerprint density at radius 1 is 1.36 bits per heavy atom. The van der Waals surface area contributed by atoms with Crippen LogP contribution in [0.3, 0.4) is 0 Å². The molecule has 4 N–H and O–H groups in total. The van der Waals surface area contributed by atoms with Crippen molar-refractivity contribution in [3.63, 3.8) is 0 Å². The SMILES string of the molecule is Nc1cc(O)cc(N=O)c1O. The van der Waals surface area contributed by atoms with Gasteiger partial charge >= 0.3 is 0 Å². The van der Waals surface area contributed by atoms with Gasteiger partial charge < -0.3 is 15.9 Å². The molecule has 1 aromatic rings. The van der Waals surface area contributed by atoms with Gasteiger partial charge in [0.1, 0.15) is 5.75 Å². The van der Waals surface area contributed by atoms with Crippen molar-refractivity contribution in [1.82, 2.24) is 0 Å². The van der Waals surface area contributed by atoms with E-state index < -0.39 is 5.75 Å². The van der Waals surface area contributed by atoms with Crippen molar-refractivity contribution < 1.29 is 10.2 Å². The van der Waals surface area contributed by atoms with Gasteiger partial charge in [0.2, 0.25) is 0 Å². The molecule has 0 bridgehead atoms. The minimum Gasteiger partial charge on any atom is -0.508 e. The first-order valence-corrected chi connectivity index (χ1v) is 2.80. The molecule has 0 atom stereocenters. The monoisotopic (exact) mass is 154 g/mol. The molecular weight excluding hydrogens is 148 g/mol. The predicted molar refractivity (Wildman–Crippen MR) is 39.6 cm³/mol. The fourth-order valence-corrected chi connectivity index (χ4v) is 0.695. The molecule has 0 aromatic heterocycles. The molecule has 0 aliphatic heterocycles. The fraction of sp³-hybridized carbons (Fsp3) is 0. The number of hydrogen-bond donors (Lipinski definition) is 3. The number of nitrogen functional groups attached to an aromatic ring is 1. The molecule has 0 spiro atoms. The summed E-state index contributed by atoms with van der Waals surface area (Å²) in [5.74, 6) is -0.604. The number of anilines is 1. The lowest BCUT2D eigenvalue weighted by molar-refractivity contribution is 0.463. The van der Waals surface area contributed by atoms with E-state index in [9.17, 15) is 4.91 Å². The smallest absolute Gasteiger partial charge is 0.168 e. The maximum absolute atomic E-state index is 9.96. The summed E-state index contributed by atoms with van der Waals surface area (Å²) in [7, 11) is 0. The average molecular weight is 154 g/mol. The van der Waals surface area contributed by atoms with E-state index in [1.54, 1.807) is 0 Å². The number of hydrogen-bond acceptors (Lipinski definition) is 5. The quantitative estimate of drug-likeness (QED) is 0.244. The molecule has 1 aromatic carbocycles. The van der Waals surface area contributed by atoms with Gasteiger partial charge in [-0.2, -0.15) is 0 Å². The standard InChI is InChI=1S/C6H6N2O3/c7-4-1-3(9)2-5(8-11)6(4)10/h1-2,9-10H,7H2. The van der Waals surface area contributed by atoms with Gasteiger partial charge in [0.05, 0.1) is 5.69 Å². The minimum absolute atomic E-state index is 0.0698. The van der Waals surface area contributed by atoms with Gasteiger partial charge in [0, 0.05) is 12.1 Å². The van der Waals surface area contributed by atoms with Crippen LogP contribution in [-0.2, 0) is 0 Å². The first kappa shape index (κ1) is 7.33. The lowest BCUT2D eigenvalue weighted by atomic mass is 10.2. The van der Waals surface area contributed by atoms with Crippen molar-refractivity contribution >= 4 is 11.4 Å². The van der Waals surface area contributed by atoms with Crippen LogP contribution in [-0.4, -0.2) is 10.2 Å². The summed E-state index contributed by atoms with van der Waals surface area (Å²) in [4.78, 5) is 9.96.